The van der Waals surface area contributed by atoms with E-state index in [0.717, 1.165) is 27.7 Å². The van der Waals surface area contributed by atoms with Crippen LogP contribution < -0.4 is 4.90 Å². The third-order valence-electron chi connectivity index (χ3n) is 3.68. The predicted octanol–water partition coefficient (Wildman–Crippen LogP) is 3.24. The molecule has 24 heavy (non-hydrogen) atoms. The largest absolute Gasteiger partial charge is 0.378 e. The van der Waals surface area contributed by atoms with Crippen LogP contribution in [0.5, 0.6) is 0 Å². The Kier molecular flexibility index (Phi) is 5.56. The first-order valence-corrected chi connectivity index (χ1v) is 8.91. The Morgan fingerprint density at radius 1 is 1.00 bits per heavy atom. The van der Waals surface area contributed by atoms with Gasteiger partial charge in [-0.25, -0.2) is 17.2 Å². The molecular formula is C17H20F2N2O2S. The average Bonchev–Trinajstić information content (AvgIpc) is 2.52. The zero-order chi connectivity index (χ0) is 17.9. The highest BCUT2D eigenvalue weighted by atomic mass is 32.2. The minimum Gasteiger partial charge on any atom is -0.378 e. The van der Waals surface area contributed by atoms with E-state index in [1.165, 1.54) is 0 Å². The zero-order valence-corrected chi connectivity index (χ0v) is 14.6. The van der Waals surface area contributed by atoms with Crippen LogP contribution in [0.1, 0.15) is 12.5 Å². The van der Waals surface area contributed by atoms with Crippen molar-refractivity contribution in [3.8, 4) is 0 Å². The molecule has 0 aliphatic carbocycles. The maximum atomic E-state index is 13.9. The summed E-state index contributed by atoms with van der Waals surface area (Å²) in [5.41, 5.74) is 1.78. The molecule has 0 atom stereocenters. The van der Waals surface area contributed by atoms with E-state index < -0.39 is 26.6 Å². The zero-order valence-electron chi connectivity index (χ0n) is 13.8. The Labute approximate surface area is 141 Å². The van der Waals surface area contributed by atoms with Gasteiger partial charge >= 0.3 is 0 Å². The van der Waals surface area contributed by atoms with Crippen LogP contribution in [-0.4, -0.2) is 33.4 Å². The van der Waals surface area contributed by atoms with Gasteiger partial charge in [-0.2, -0.15) is 4.31 Å². The van der Waals surface area contributed by atoms with Crippen LogP contribution in [0.3, 0.4) is 0 Å². The van der Waals surface area contributed by atoms with E-state index in [1.54, 1.807) is 6.92 Å². The van der Waals surface area contributed by atoms with Crippen LogP contribution >= 0.6 is 0 Å². The average molecular weight is 354 g/mol. The van der Waals surface area contributed by atoms with Crippen molar-refractivity contribution in [3.05, 3.63) is 59.7 Å². The Hall–Kier alpha value is -1.99. The second-order valence-electron chi connectivity index (χ2n) is 5.57. The molecule has 0 radical (unpaired) electrons. The molecule has 0 N–H and O–H groups in total. The highest BCUT2D eigenvalue weighted by Crippen LogP contribution is 2.22. The van der Waals surface area contributed by atoms with Crippen LogP contribution in [0.15, 0.2) is 47.4 Å². The number of rotatable bonds is 6. The fourth-order valence-electron chi connectivity index (χ4n) is 2.29. The summed E-state index contributed by atoms with van der Waals surface area (Å²) in [6, 6.07) is 9.89. The number of sulfonamides is 1. The van der Waals surface area contributed by atoms with Gasteiger partial charge in [-0.1, -0.05) is 19.1 Å². The lowest BCUT2D eigenvalue weighted by molar-refractivity contribution is 0.418. The van der Waals surface area contributed by atoms with E-state index in [-0.39, 0.29) is 13.1 Å². The van der Waals surface area contributed by atoms with Gasteiger partial charge in [0.2, 0.25) is 10.0 Å². The van der Waals surface area contributed by atoms with Crippen molar-refractivity contribution in [1.29, 1.82) is 0 Å². The van der Waals surface area contributed by atoms with E-state index in [9.17, 15) is 17.2 Å². The third kappa shape index (κ3) is 3.91. The number of anilines is 1. The molecule has 0 saturated heterocycles. The van der Waals surface area contributed by atoms with E-state index in [0.29, 0.717) is 6.07 Å². The van der Waals surface area contributed by atoms with Crippen molar-refractivity contribution in [2.75, 3.05) is 25.5 Å². The summed E-state index contributed by atoms with van der Waals surface area (Å²) in [5.74, 6) is -1.90. The highest BCUT2D eigenvalue weighted by Gasteiger charge is 2.26. The number of hydrogen-bond donors (Lipinski definition) is 0. The SMILES string of the molecule is CCN(Cc1ccc(N(C)C)cc1)S(=O)(=O)c1ccc(F)cc1F. The first kappa shape index (κ1) is 18.4. The van der Waals surface area contributed by atoms with Gasteiger partial charge in [0.1, 0.15) is 16.5 Å². The monoisotopic (exact) mass is 354 g/mol. The Balaban J connectivity index is 2.29. The first-order valence-electron chi connectivity index (χ1n) is 7.47. The van der Waals surface area contributed by atoms with Gasteiger partial charge in [-0.3, -0.25) is 0 Å². The van der Waals surface area contributed by atoms with Crippen molar-refractivity contribution < 1.29 is 17.2 Å². The van der Waals surface area contributed by atoms with Gasteiger partial charge in [0, 0.05) is 38.9 Å². The van der Waals surface area contributed by atoms with Crippen LogP contribution in [0.25, 0.3) is 0 Å². The molecule has 0 aromatic heterocycles. The smallest absolute Gasteiger partial charge is 0.246 e. The normalized spacial score (nSPS) is 11.8. The molecule has 0 amide bonds. The lowest BCUT2D eigenvalue weighted by Gasteiger charge is -2.21. The van der Waals surface area contributed by atoms with Gasteiger partial charge < -0.3 is 4.90 Å². The van der Waals surface area contributed by atoms with Crippen LogP contribution in [-0.2, 0) is 16.6 Å². The maximum absolute atomic E-state index is 13.9. The number of hydrogen-bond acceptors (Lipinski definition) is 3. The second-order valence-corrected chi connectivity index (χ2v) is 7.47. The molecule has 2 aromatic rings. The number of halogens is 2. The molecule has 0 fully saturated rings. The molecule has 7 heteroatoms. The topological polar surface area (TPSA) is 40.6 Å². The van der Waals surface area contributed by atoms with E-state index in [2.05, 4.69) is 0 Å². The summed E-state index contributed by atoms with van der Waals surface area (Å²) < 4.78 is 53.3. The fourth-order valence-corrected chi connectivity index (χ4v) is 3.78. The molecule has 0 aliphatic rings. The van der Waals surface area contributed by atoms with E-state index >= 15 is 0 Å². The predicted molar refractivity (Wildman–Crippen MR) is 90.4 cm³/mol. The van der Waals surface area contributed by atoms with Crippen LogP contribution in [0, 0.1) is 11.6 Å². The maximum Gasteiger partial charge on any atom is 0.246 e. The molecule has 0 saturated carbocycles. The van der Waals surface area contributed by atoms with Crippen molar-refractivity contribution in [2.24, 2.45) is 0 Å². The van der Waals surface area contributed by atoms with Gasteiger partial charge in [0.05, 0.1) is 0 Å². The molecule has 0 spiro atoms. The summed E-state index contributed by atoms with van der Waals surface area (Å²) in [4.78, 5) is 1.42. The van der Waals surface area contributed by atoms with Crippen molar-refractivity contribution in [2.45, 2.75) is 18.4 Å². The molecule has 0 unspecified atom stereocenters. The Morgan fingerprint density at radius 2 is 1.62 bits per heavy atom. The minimum atomic E-state index is -4.04. The highest BCUT2D eigenvalue weighted by molar-refractivity contribution is 7.89. The quantitative estimate of drug-likeness (QED) is 0.800. The molecule has 0 bridgehead atoms. The molecule has 4 nitrogen and oxygen atoms in total. The van der Waals surface area contributed by atoms with Crippen LogP contribution in [0.4, 0.5) is 14.5 Å². The summed E-state index contributed by atoms with van der Waals surface area (Å²) in [6.07, 6.45) is 0. The molecule has 0 heterocycles. The Morgan fingerprint density at radius 3 is 2.12 bits per heavy atom. The van der Waals surface area contributed by atoms with Crippen molar-refractivity contribution in [1.82, 2.24) is 4.31 Å². The first-order chi connectivity index (χ1) is 11.3. The molecule has 2 rings (SSSR count). The minimum absolute atomic E-state index is 0.114. The van der Waals surface area contributed by atoms with Gasteiger partial charge in [0.25, 0.3) is 0 Å². The van der Waals surface area contributed by atoms with Gasteiger partial charge in [0.15, 0.2) is 0 Å². The van der Waals surface area contributed by atoms with E-state index in [1.807, 2.05) is 43.3 Å². The fraction of sp³-hybridized carbons (Fsp3) is 0.294. The van der Waals surface area contributed by atoms with Crippen molar-refractivity contribution >= 4 is 15.7 Å². The second kappa shape index (κ2) is 7.27. The van der Waals surface area contributed by atoms with E-state index in [4.69, 9.17) is 0 Å². The third-order valence-corrected chi connectivity index (χ3v) is 5.63. The summed E-state index contributed by atoms with van der Waals surface area (Å²) >= 11 is 0. The lowest BCUT2D eigenvalue weighted by atomic mass is 10.2. The molecule has 0 aliphatic heterocycles. The molecular weight excluding hydrogens is 334 g/mol. The van der Waals surface area contributed by atoms with Crippen molar-refractivity contribution in [3.63, 3.8) is 0 Å². The molecule has 130 valence electrons. The Bertz CT molecular complexity index is 806. The van der Waals surface area contributed by atoms with Gasteiger partial charge in [-0.05, 0) is 29.8 Å². The summed E-state index contributed by atoms with van der Waals surface area (Å²) in [5, 5.41) is 0. The number of nitrogens with zero attached hydrogens (tertiary/aromatic N) is 2. The summed E-state index contributed by atoms with van der Waals surface area (Å²) in [6.45, 7) is 1.96. The summed E-state index contributed by atoms with van der Waals surface area (Å²) in [7, 11) is -0.218. The van der Waals surface area contributed by atoms with Gasteiger partial charge in [-0.15, -0.1) is 0 Å². The lowest BCUT2D eigenvalue weighted by Crippen LogP contribution is -2.31. The molecule has 2 aromatic carbocycles. The number of benzene rings is 2. The van der Waals surface area contributed by atoms with Crippen LogP contribution in [0.2, 0.25) is 0 Å². The standard InChI is InChI=1S/C17H20F2N2O2S/c1-4-21(12-13-5-8-15(9-6-13)20(2)3)24(22,23)17-10-7-14(18)11-16(17)19/h5-11H,4,12H2,1-3H3.